The number of benzene rings is 1. The van der Waals surface area contributed by atoms with Gasteiger partial charge in [-0.15, -0.1) is 0 Å². The Kier molecular flexibility index (Phi) is 4.96. The predicted octanol–water partition coefficient (Wildman–Crippen LogP) is 2.09. The maximum absolute atomic E-state index is 12.9. The first-order valence-corrected chi connectivity index (χ1v) is 7.06. The number of likely N-dealkylation sites (tertiary alicyclic amines) is 1. The van der Waals surface area contributed by atoms with Crippen LogP contribution in [0.1, 0.15) is 13.3 Å². The Morgan fingerprint density at radius 2 is 2.35 bits per heavy atom. The van der Waals surface area contributed by atoms with Gasteiger partial charge in [0.15, 0.2) is 0 Å². The average Bonchev–Trinajstić information content (AvgIpc) is 2.37. The topological polar surface area (TPSA) is 58.4 Å². The zero-order chi connectivity index (χ0) is 14.7. The monoisotopic (exact) mass is 299 g/mol. The number of piperidine rings is 1. The van der Waals surface area contributed by atoms with Gasteiger partial charge in [0.2, 0.25) is 5.91 Å². The van der Waals surface area contributed by atoms with Crippen molar-refractivity contribution in [1.29, 1.82) is 0 Å². The van der Waals surface area contributed by atoms with Crippen LogP contribution in [0, 0.1) is 11.7 Å². The van der Waals surface area contributed by atoms with E-state index in [0.29, 0.717) is 18.2 Å². The van der Waals surface area contributed by atoms with Crippen molar-refractivity contribution in [3.8, 4) is 0 Å². The number of amides is 1. The lowest BCUT2D eigenvalue weighted by Crippen LogP contribution is -2.48. The highest BCUT2D eigenvalue weighted by molar-refractivity contribution is 6.33. The molecule has 0 radical (unpaired) electrons. The zero-order valence-electron chi connectivity index (χ0n) is 11.4. The SMILES string of the molecule is CC1CN(CC(=O)Nc2ccc(F)cc2Cl)CCC1N. The van der Waals surface area contributed by atoms with Crippen LogP contribution in [-0.2, 0) is 4.79 Å². The Balaban J connectivity index is 1.89. The van der Waals surface area contributed by atoms with Gasteiger partial charge in [-0.05, 0) is 30.5 Å². The molecule has 2 rings (SSSR count). The lowest BCUT2D eigenvalue weighted by atomic mass is 9.95. The molecule has 0 saturated carbocycles. The summed E-state index contributed by atoms with van der Waals surface area (Å²) in [6.07, 6.45) is 0.895. The van der Waals surface area contributed by atoms with E-state index in [0.717, 1.165) is 19.5 Å². The highest BCUT2D eigenvalue weighted by Gasteiger charge is 2.24. The molecule has 0 aromatic heterocycles. The van der Waals surface area contributed by atoms with Crippen molar-refractivity contribution in [2.24, 2.45) is 11.7 Å². The van der Waals surface area contributed by atoms with E-state index < -0.39 is 5.82 Å². The van der Waals surface area contributed by atoms with Gasteiger partial charge in [0.05, 0.1) is 17.3 Å². The standard InChI is InChI=1S/C14H19ClFN3O/c1-9-7-19(5-4-12(9)17)8-14(20)18-13-3-2-10(16)6-11(13)15/h2-3,6,9,12H,4-5,7-8,17H2,1H3,(H,18,20). The number of carbonyl (C=O) groups excluding carboxylic acids is 1. The van der Waals surface area contributed by atoms with Gasteiger partial charge in [-0.3, -0.25) is 9.69 Å². The van der Waals surface area contributed by atoms with E-state index in [9.17, 15) is 9.18 Å². The highest BCUT2D eigenvalue weighted by atomic mass is 35.5. The van der Waals surface area contributed by atoms with Crippen LogP contribution in [0.2, 0.25) is 5.02 Å². The second-order valence-corrected chi connectivity index (χ2v) is 5.74. The Bertz CT molecular complexity index is 497. The normalized spacial score (nSPS) is 23.6. The van der Waals surface area contributed by atoms with Crippen LogP contribution in [0.3, 0.4) is 0 Å². The molecule has 0 bridgehead atoms. The molecule has 1 aromatic carbocycles. The summed E-state index contributed by atoms with van der Waals surface area (Å²) >= 11 is 5.87. The van der Waals surface area contributed by atoms with Crippen LogP contribution in [-0.4, -0.2) is 36.5 Å². The molecular weight excluding hydrogens is 281 g/mol. The van der Waals surface area contributed by atoms with E-state index in [1.807, 2.05) is 0 Å². The lowest BCUT2D eigenvalue weighted by Gasteiger charge is -2.34. The maximum Gasteiger partial charge on any atom is 0.238 e. The van der Waals surface area contributed by atoms with Crippen LogP contribution in [0.4, 0.5) is 10.1 Å². The molecule has 1 aromatic rings. The van der Waals surface area contributed by atoms with E-state index >= 15 is 0 Å². The molecule has 2 atom stereocenters. The van der Waals surface area contributed by atoms with Crippen molar-refractivity contribution in [3.63, 3.8) is 0 Å². The average molecular weight is 300 g/mol. The molecule has 6 heteroatoms. The fraction of sp³-hybridized carbons (Fsp3) is 0.500. The van der Waals surface area contributed by atoms with E-state index in [1.165, 1.54) is 18.2 Å². The first-order valence-electron chi connectivity index (χ1n) is 6.68. The van der Waals surface area contributed by atoms with Crippen molar-refractivity contribution in [2.75, 3.05) is 25.0 Å². The van der Waals surface area contributed by atoms with Crippen LogP contribution in [0.25, 0.3) is 0 Å². The lowest BCUT2D eigenvalue weighted by molar-refractivity contribution is -0.117. The van der Waals surface area contributed by atoms with E-state index in [-0.39, 0.29) is 17.0 Å². The van der Waals surface area contributed by atoms with Crippen LogP contribution in [0.15, 0.2) is 18.2 Å². The number of hydrogen-bond donors (Lipinski definition) is 2. The number of nitrogens with one attached hydrogen (secondary N) is 1. The van der Waals surface area contributed by atoms with Gasteiger partial charge in [0.25, 0.3) is 0 Å². The highest BCUT2D eigenvalue weighted by Crippen LogP contribution is 2.22. The Hall–Kier alpha value is -1.17. The number of carbonyl (C=O) groups is 1. The minimum Gasteiger partial charge on any atom is -0.327 e. The molecule has 1 aliphatic rings. The second-order valence-electron chi connectivity index (χ2n) is 5.34. The van der Waals surface area contributed by atoms with Gasteiger partial charge >= 0.3 is 0 Å². The van der Waals surface area contributed by atoms with Gasteiger partial charge in [-0.1, -0.05) is 18.5 Å². The fourth-order valence-electron chi connectivity index (χ4n) is 2.38. The number of nitrogens with zero attached hydrogens (tertiary/aromatic N) is 1. The third-order valence-corrected chi connectivity index (χ3v) is 3.94. The van der Waals surface area contributed by atoms with Crippen LogP contribution >= 0.6 is 11.6 Å². The molecule has 0 aliphatic carbocycles. The molecule has 1 fully saturated rings. The summed E-state index contributed by atoms with van der Waals surface area (Å²) in [5, 5.41) is 2.90. The van der Waals surface area contributed by atoms with Gasteiger partial charge in [-0.25, -0.2) is 4.39 Å². The summed E-state index contributed by atoms with van der Waals surface area (Å²) in [7, 11) is 0. The van der Waals surface area contributed by atoms with Crippen molar-refractivity contribution in [1.82, 2.24) is 4.90 Å². The minimum atomic E-state index is -0.424. The van der Waals surface area contributed by atoms with Crippen molar-refractivity contribution < 1.29 is 9.18 Å². The zero-order valence-corrected chi connectivity index (χ0v) is 12.2. The van der Waals surface area contributed by atoms with Gasteiger partial charge in [0.1, 0.15) is 5.82 Å². The Morgan fingerprint density at radius 3 is 3.00 bits per heavy atom. The molecule has 3 N–H and O–H groups in total. The van der Waals surface area contributed by atoms with E-state index in [2.05, 4.69) is 17.1 Å². The number of halogens is 2. The smallest absolute Gasteiger partial charge is 0.238 e. The summed E-state index contributed by atoms with van der Waals surface area (Å²) in [5.74, 6) is -0.195. The van der Waals surface area contributed by atoms with Crippen LogP contribution in [0.5, 0.6) is 0 Å². The molecule has 1 saturated heterocycles. The maximum atomic E-state index is 12.9. The summed E-state index contributed by atoms with van der Waals surface area (Å²) in [4.78, 5) is 14.0. The van der Waals surface area contributed by atoms with E-state index in [4.69, 9.17) is 17.3 Å². The van der Waals surface area contributed by atoms with E-state index in [1.54, 1.807) is 0 Å². The van der Waals surface area contributed by atoms with Gasteiger partial charge in [0, 0.05) is 19.1 Å². The number of anilines is 1. The van der Waals surface area contributed by atoms with Gasteiger partial charge < -0.3 is 11.1 Å². The molecule has 1 aliphatic heterocycles. The second kappa shape index (κ2) is 6.52. The first kappa shape index (κ1) is 15.2. The van der Waals surface area contributed by atoms with Crippen LogP contribution < -0.4 is 11.1 Å². The molecular formula is C14H19ClFN3O. The van der Waals surface area contributed by atoms with Gasteiger partial charge in [-0.2, -0.15) is 0 Å². The third kappa shape index (κ3) is 3.91. The fourth-order valence-corrected chi connectivity index (χ4v) is 2.59. The quantitative estimate of drug-likeness (QED) is 0.898. The molecule has 2 unspecified atom stereocenters. The number of hydrogen-bond acceptors (Lipinski definition) is 3. The predicted molar refractivity (Wildman–Crippen MR) is 78.2 cm³/mol. The number of rotatable bonds is 3. The summed E-state index contributed by atoms with van der Waals surface area (Å²) in [6, 6.07) is 4.12. The largest absolute Gasteiger partial charge is 0.327 e. The summed E-state index contributed by atoms with van der Waals surface area (Å²) in [5.41, 5.74) is 6.38. The van der Waals surface area contributed by atoms with Crippen molar-refractivity contribution >= 4 is 23.2 Å². The molecule has 4 nitrogen and oxygen atoms in total. The minimum absolute atomic E-state index is 0.152. The molecule has 110 valence electrons. The molecule has 0 spiro atoms. The summed E-state index contributed by atoms with van der Waals surface area (Å²) < 4.78 is 12.9. The Labute approximate surface area is 123 Å². The number of nitrogens with two attached hydrogens (primary N) is 1. The molecule has 1 amide bonds. The Morgan fingerprint density at radius 1 is 1.60 bits per heavy atom. The molecule has 20 heavy (non-hydrogen) atoms. The van der Waals surface area contributed by atoms with Crippen molar-refractivity contribution in [3.05, 3.63) is 29.0 Å². The third-order valence-electron chi connectivity index (χ3n) is 3.63. The summed E-state index contributed by atoms with van der Waals surface area (Å²) in [6.45, 7) is 4.01. The van der Waals surface area contributed by atoms with Crippen molar-refractivity contribution in [2.45, 2.75) is 19.4 Å². The first-order chi connectivity index (χ1) is 9.45. The molecule has 1 heterocycles.